The molecule has 0 radical (unpaired) electrons. The second-order valence-corrected chi connectivity index (χ2v) is 6.56. The van der Waals surface area contributed by atoms with Crippen molar-refractivity contribution in [3.63, 3.8) is 0 Å². The van der Waals surface area contributed by atoms with Crippen LogP contribution in [0.15, 0.2) is 24.3 Å². The number of carboxylic acid groups (broad SMARTS) is 1. The summed E-state index contributed by atoms with van der Waals surface area (Å²) >= 11 is 0. The fourth-order valence-electron chi connectivity index (χ4n) is 2.50. The van der Waals surface area contributed by atoms with Gasteiger partial charge in [0, 0.05) is 6.54 Å². The highest BCUT2D eigenvalue weighted by Gasteiger charge is 2.30. The van der Waals surface area contributed by atoms with Crippen molar-refractivity contribution in [1.82, 2.24) is 10.6 Å². The van der Waals surface area contributed by atoms with Crippen LogP contribution in [0.25, 0.3) is 0 Å². The van der Waals surface area contributed by atoms with Crippen LogP contribution in [0.1, 0.15) is 44.7 Å². The molecular formula is C18H25F3N2O3. The number of hydrogen-bond acceptors (Lipinski definition) is 3. The van der Waals surface area contributed by atoms with Gasteiger partial charge in [-0.25, -0.2) is 0 Å². The average molecular weight is 374 g/mol. The summed E-state index contributed by atoms with van der Waals surface area (Å²) in [6, 6.07) is 3.13. The van der Waals surface area contributed by atoms with Crippen LogP contribution >= 0.6 is 0 Å². The van der Waals surface area contributed by atoms with E-state index in [0.29, 0.717) is 18.4 Å². The molecule has 1 aromatic carbocycles. The summed E-state index contributed by atoms with van der Waals surface area (Å²) in [7, 11) is 0. The highest BCUT2D eigenvalue weighted by Crippen LogP contribution is 2.29. The van der Waals surface area contributed by atoms with Gasteiger partial charge in [-0.05, 0) is 36.5 Å². The number of nitrogens with one attached hydrogen (secondary N) is 2. The SMILES string of the molecule is CCC(NC(CC(C)C)C(=O)NCc1cccc(C(F)(F)F)c1)C(=O)O. The second-order valence-electron chi connectivity index (χ2n) is 6.56. The maximum absolute atomic E-state index is 12.7. The van der Waals surface area contributed by atoms with E-state index in [1.54, 1.807) is 6.92 Å². The van der Waals surface area contributed by atoms with Crippen LogP contribution in [0.4, 0.5) is 13.2 Å². The minimum Gasteiger partial charge on any atom is -0.480 e. The van der Waals surface area contributed by atoms with Crippen molar-refractivity contribution in [2.45, 2.75) is 58.4 Å². The molecule has 1 aromatic rings. The molecule has 146 valence electrons. The lowest BCUT2D eigenvalue weighted by molar-refractivity contribution is -0.140. The normalized spacial score (nSPS) is 14.1. The monoisotopic (exact) mass is 374 g/mol. The number of carbonyl (C=O) groups excluding carboxylic acids is 1. The minimum atomic E-state index is -4.45. The summed E-state index contributed by atoms with van der Waals surface area (Å²) in [5.74, 6) is -1.35. The van der Waals surface area contributed by atoms with Crippen molar-refractivity contribution in [3.05, 3.63) is 35.4 Å². The number of rotatable bonds is 9. The Bertz CT molecular complexity index is 618. The Morgan fingerprint density at radius 1 is 1.19 bits per heavy atom. The van der Waals surface area contributed by atoms with E-state index in [4.69, 9.17) is 5.11 Å². The van der Waals surface area contributed by atoms with E-state index in [1.807, 2.05) is 13.8 Å². The van der Waals surface area contributed by atoms with Crippen molar-refractivity contribution < 1.29 is 27.9 Å². The highest BCUT2D eigenvalue weighted by atomic mass is 19.4. The van der Waals surface area contributed by atoms with Crippen molar-refractivity contribution in [2.75, 3.05) is 0 Å². The van der Waals surface area contributed by atoms with Gasteiger partial charge in [0.15, 0.2) is 0 Å². The molecule has 1 rings (SSSR count). The molecule has 0 saturated heterocycles. The first-order valence-corrected chi connectivity index (χ1v) is 8.47. The van der Waals surface area contributed by atoms with Gasteiger partial charge in [0.2, 0.25) is 5.91 Å². The Kier molecular flexibility index (Phi) is 8.08. The van der Waals surface area contributed by atoms with Gasteiger partial charge in [-0.15, -0.1) is 0 Å². The number of halogens is 3. The van der Waals surface area contributed by atoms with E-state index in [2.05, 4.69) is 10.6 Å². The van der Waals surface area contributed by atoms with Crippen molar-refractivity contribution in [2.24, 2.45) is 5.92 Å². The topological polar surface area (TPSA) is 78.4 Å². The van der Waals surface area contributed by atoms with Crippen LogP contribution in [0.2, 0.25) is 0 Å². The summed E-state index contributed by atoms with van der Waals surface area (Å²) in [5, 5.41) is 14.6. The third-order valence-corrected chi connectivity index (χ3v) is 3.85. The van der Waals surface area contributed by atoms with Gasteiger partial charge >= 0.3 is 12.1 Å². The lowest BCUT2D eigenvalue weighted by Gasteiger charge is -2.23. The molecule has 0 heterocycles. The summed E-state index contributed by atoms with van der Waals surface area (Å²) in [5.41, 5.74) is -0.459. The molecular weight excluding hydrogens is 349 g/mol. The standard InChI is InChI=1S/C18H25F3N2O3/c1-4-14(17(25)26)23-15(8-11(2)3)16(24)22-10-12-6-5-7-13(9-12)18(19,20)21/h5-7,9,11,14-15,23H,4,8,10H2,1-3H3,(H,22,24)(H,25,26). The van der Waals surface area contributed by atoms with Gasteiger partial charge in [0.1, 0.15) is 6.04 Å². The number of aliphatic carboxylic acids is 1. The summed E-state index contributed by atoms with van der Waals surface area (Å²) in [6.07, 6.45) is -3.72. The van der Waals surface area contributed by atoms with Gasteiger partial charge in [-0.2, -0.15) is 13.2 Å². The fraction of sp³-hybridized carbons (Fsp3) is 0.556. The van der Waals surface area contributed by atoms with Gasteiger partial charge in [-0.1, -0.05) is 32.9 Å². The molecule has 0 bridgehead atoms. The van der Waals surface area contributed by atoms with Crippen molar-refractivity contribution in [1.29, 1.82) is 0 Å². The van der Waals surface area contributed by atoms with Crippen molar-refractivity contribution in [3.8, 4) is 0 Å². The Balaban J connectivity index is 2.79. The van der Waals surface area contributed by atoms with E-state index in [-0.39, 0.29) is 12.5 Å². The number of benzene rings is 1. The molecule has 5 nitrogen and oxygen atoms in total. The van der Waals surface area contributed by atoms with E-state index < -0.39 is 35.7 Å². The molecule has 2 unspecified atom stereocenters. The third kappa shape index (κ3) is 7.03. The second kappa shape index (κ2) is 9.56. The van der Waals surface area contributed by atoms with Crippen LogP contribution in [0.5, 0.6) is 0 Å². The predicted octanol–water partition coefficient (Wildman–Crippen LogP) is 3.19. The smallest absolute Gasteiger partial charge is 0.416 e. The van der Waals surface area contributed by atoms with E-state index in [9.17, 15) is 22.8 Å². The zero-order chi connectivity index (χ0) is 19.9. The molecule has 0 fully saturated rings. The Labute approximate surface area is 151 Å². The zero-order valence-electron chi connectivity index (χ0n) is 15.1. The number of carbonyl (C=O) groups is 2. The maximum Gasteiger partial charge on any atom is 0.416 e. The number of amides is 1. The Morgan fingerprint density at radius 3 is 2.35 bits per heavy atom. The first-order chi connectivity index (χ1) is 12.0. The molecule has 0 saturated carbocycles. The lowest BCUT2D eigenvalue weighted by Crippen LogP contribution is -2.51. The molecule has 0 aromatic heterocycles. The molecule has 3 N–H and O–H groups in total. The van der Waals surface area contributed by atoms with Crippen LogP contribution in [-0.4, -0.2) is 29.1 Å². The minimum absolute atomic E-state index is 0.0666. The van der Waals surface area contributed by atoms with Crippen LogP contribution < -0.4 is 10.6 Å². The maximum atomic E-state index is 12.7. The van der Waals surface area contributed by atoms with Crippen LogP contribution in [0, 0.1) is 5.92 Å². The molecule has 0 spiro atoms. The molecule has 8 heteroatoms. The quantitative estimate of drug-likeness (QED) is 0.620. The van der Waals surface area contributed by atoms with Gasteiger partial charge in [-0.3, -0.25) is 14.9 Å². The van der Waals surface area contributed by atoms with E-state index in [0.717, 1.165) is 12.1 Å². The van der Waals surface area contributed by atoms with Gasteiger partial charge in [0.25, 0.3) is 0 Å². The zero-order valence-corrected chi connectivity index (χ0v) is 15.1. The first-order valence-electron chi connectivity index (χ1n) is 8.47. The number of carboxylic acids is 1. The average Bonchev–Trinajstić information content (AvgIpc) is 2.55. The van der Waals surface area contributed by atoms with E-state index >= 15 is 0 Å². The first kappa shape index (κ1) is 22.0. The fourth-order valence-corrected chi connectivity index (χ4v) is 2.50. The molecule has 26 heavy (non-hydrogen) atoms. The number of alkyl halides is 3. The summed E-state index contributed by atoms with van der Waals surface area (Å²) in [4.78, 5) is 23.6. The third-order valence-electron chi connectivity index (χ3n) is 3.85. The molecule has 0 aliphatic heterocycles. The highest BCUT2D eigenvalue weighted by molar-refractivity contribution is 5.83. The molecule has 0 aliphatic rings. The van der Waals surface area contributed by atoms with Crippen LogP contribution in [0.3, 0.4) is 0 Å². The lowest BCUT2D eigenvalue weighted by atomic mass is 10.0. The summed E-state index contributed by atoms with van der Waals surface area (Å²) < 4.78 is 38.2. The molecule has 1 amide bonds. The molecule has 2 atom stereocenters. The van der Waals surface area contributed by atoms with Crippen LogP contribution in [-0.2, 0) is 22.3 Å². The van der Waals surface area contributed by atoms with Gasteiger partial charge in [0.05, 0.1) is 11.6 Å². The van der Waals surface area contributed by atoms with Crippen molar-refractivity contribution >= 4 is 11.9 Å². The Hall–Kier alpha value is -2.09. The number of hydrogen-bond donors (Lipinski definition) is 3. The molecule has 0 aliphatic carbocycles. The van der Waals surface area contributed by atoms with E-state index in [1.165, 1.54) is 12.1 Å². The largest absolute Gasteiger partial charge is 0.480 e. The van der Waals surface area contributed by atoms with Gasteiger partial charge < -0.3 is 10.4 Å². The Morgan fingerprint density at radius 2 is 1.85 bits per heavy atom. The summed E-state index contributed by atoms with van der Waals surface area (Å²) in [6.45, 7) is 5.43. The predicted molar refractivity (Wildman–Crippen MR) is 91.4 cm³/mol.